The lowest BCUT2D eigenvalue weighted by Gasteiger charge is -2.31. The number of aryl methyl sites for hydroxylation is 1. The van der Waals surface area contributed by atoms with Crippen molar-refractivity contribution >= 4 is 11.3 Å². The van der Waals surface area contributed by atoms with Gasteiger partial charge in [-0.25, -0.2) is 0 Å². The van der Waals surface area contributed by atoms with Crippen molar-refractivity contribution < 1.29 is 13.2 Å². The quantitative estimate of drug-likeness (QED) is 0.856. The van der Waals surface area contributed by atoms with Crippen molar-refractivity contribution in [1.29, 1.82) is 0 Å². The van der Waals surface area contributed by atoms with Crippen LogP contribution >= 0.6 is 11.3 Å². The summed E-state index contributed by atoms with van der Waals surface area (Å²) in [5, 5.41) is 4.00. The SMILES string of the molecule is CN1CCN(Cc2ccc(-c3cc(C(F)(F)F)n(C)n3)s2)CC1. The van der Waals surface area contributed by atoms with Crippen LogP contribution in [0.3, 0.4) is 0 Å². The molecular weight excluding hydrogens is 325 g/mol. The molecule has 0 spiro atoms. The van der Waals surface area contributed by atoms with Gasteiger partial charge in [0.25, 0.3) is 0 Å². The van der Waals surface area contributed by atoms with Gasteiger partial charge in [-0.2, -0.15) is 18.3 Å². The van der Waals surface area contributed by atoms with Crippen molar-refractivity contribution in [2.75, 3.05) is 33.2 Å². The fraction of sp³-hybridized carbons (Fsp3) is 0.533. The first-order valence-corrected chi connectivity index (χ1v) is 8.26. The Morgan fingerprint density at radius 3 is 2.43 bits per heavy atom. The minimum atomic E-state index is -4.38. The molecule has 0 amide bonds. The number of thiophene rings is 1. The van der Waals surface area contributed by atoms with Gasteiger partial charge < -0.3 is 4.90 Å². The fourth-order valence-electron chi connectivity index (χ4n) is 2.68. The number of nitrogens with zero attached hydrogens (tertiary/aromatic N) is 4. The molecule has 3 rings (SSSR count). The van der Waals surface area contributed by atoms with Gasteiger partial charge in [0.2, 0.25) is 0 Å². The number of likely N-dealkylation sites (N-methyl/N-ethyl adjacent to an activating group) is 1. The Labute approximate surface area is 137 Å². The third kappa shape index (κ3) is 3.76. The van der Waals surface area contributed by atoms with Gasteiger partial charge in [-0.05, 0) is 25.2 Å². The van der Waals surface area contributed by atoms with Gasteiger partial charge in [0, 0.05) is 44.6 Å². The third-order valence-corrected chi connectivity index (χ3v) is 5.15. The van der Waals surface area contributed by atoms with Gasteiger partial charge in [0.15, 0.2) is 0 Å². The number of rotatable bonds is 3. The molecular formula is C15H19F3N4S. The highest BCUT2D eigenvalue weighted by molar-refractivity contribution is 7.15. The van der Waals surface area contributed by atoms with E-state index >= 15 is 0 Å². The largest absolute Gasteiger partial charge is 0.433 e. The number of aromatic nitrogens is 2. The van der Waals surface area contributed by atoms with Gasteiger partial charge in [-0.1, -0.05) is 0 Å². The van der Waals surface area contributed by atoms with Gasteiger partial charge >= 0.3 is 6.18 Å². The number of hydrogen-bond acceptors (Lipinski definition) is 4. The zero-order valence-corrected chi connectivity index (χ0v) is 13.9. The van der Waals surface area contributed by atoms with E-state index in [1.807, 2.05) is 12.1 Å². The molecule has 1 fully saturated rings. The van der Waals surface area contributed by atoms with Gasteiger partial charge in [0.05, 0.1) is 4.88 Å². The molecule has 0 radical (unpaired) electrons. The monoisotopic (exact) mass is 344 g/mol. The molecule has 0 atom stereocenters. The minimum Gasteiger partial charge on any atom is -0.304 e. The molecule has 0 saturated carbocycles. The van der Waals surface area contributed by atoms with Crippen LogP contribution in [-0.4, -0.2) is 52.8 Å². The van der Waals surface area contributed by atoms with Gasteiger partial charge in [0.1, 0.15) is 11.4 Å². The second-order valence-corrected chi connectivity index (χ2v) is 7.05. The fourth-order valence-corrected chi connectivity index (χ4v) is 3.69. The molecule has 0 N–H and O–H groups in total. The van der Waals surface area contributed by atoms with Crippen LogP contribution in [0.5, 0.6) is 0 Å². The molecule has 0 unspecified atom stereocenters. The topological polar surface area (TPSA) is 24.3 Å². The predicted octanol–water partition coefficient (Wildman–Crippen LogP) is 2.91. The molecule has 3 heterocycles. The molecule has 4 nitrogen and oxygen atoms in total. The Kier molecular flexibility index (Phi) is 4.48. The van der Waals surface area contributed by atoms with Crippen LogP contribution < -0.4 is 0 Å². The Balaban J connectivity index is 1.72. The van der Waals surface area contributed by atoms with Crippen molar-refractivity contribution in [2.45, 2.75) is 12.7 Å². The van der Waals surface area contributed by atoms with E-state index in [-0.39, 0.29) is 0 Å². The summed E-state index contributed by atoms with van der Waals surface area (Å²) in [4.78, 5) is 6.60. The molecule has 126 valence electrons. The average molecular weight is 344 g/mol. The maximum Gasteiger partial charge on any atom is 0.433 e. The van der Waals surface area contributed by atoms with Crippen molar-refractivity contribution in [3.63, 3.8) is 0 Å². The number of piperazine rings is 1. The summed E-state index contributed by atoms with van der Waals surface area (Å²) in [6.45, 7) is 4.98. The molecule has 0 bridgehead atoms. The van der Waals surface area contributed by atoms with Crippen molar-refractivity contribution in [3.8, 4) is 10.6 Å². The average Bonchev–Trinajstić information content (AvgIpc) is 3.07. The summed E-state index contributed by atoms with van der Waals surface area (Å²) >= 11 is 1.51. The van der Waals surface area contributed by atoms with Crippen LogP contribution in [0.25, 0.3) is 10.6 Å². The van der Waals surface area contributed by atoms with Gasteiger partial charge in [-0.3, -0.25) is 9.58 Å². The molecule has 1 aliphatic heterocycles. The Morgan fingerprint density at radius 1 is 1.13 bits per heavy atom. The highest BCUT2D eigenvalue weighted by Crippen LogP contribution is 2.34. The zero-order chi connectivity index (χ0) is 16.6. The molecule has 0 aromatic carbocycles. The zero-order valence-electron chi connectivity index (χ0n) is 13.1. The minimum absolute atomic E-state index is 0.384. The number of alkyl halides is 3. The van der Waals surface area contributed by atoms with Crippen LogP contribution in [0.15, 0.2) is 18.2 Å². The van der Waals surface area contributed by atoms with Crippen molar-refractivity contribution in [3.05, 3.63) is 28.8 Å². The first-order chi connectivity index (χ1) is 10.8. The first kappa shape index (κ1) is 16.5. The molecule has 0 aliphatic carbocycles. The summed E-state index contributed by atoms with van der Waals surface area (Å²) in [5.41, 5.74) is -0.337. The van der Waals surface area contributed by atoms with E-state index in [0.717, 1.165) is 53.2 Å². The number of hydrogen-bond donors (Lipinski definition) is 0. The van der Waals surface area contributed by atoms with E-state index in [4.69, 9.17) is 0 Å². The Bertz CT molecular complexity index is 669. The summed E-state index contributed by atoms with van der Waals surface area (Å²) < 4.78 is 39.5. The van der Waals surface area contributed by atoms with Crippen LogP contribution in [-0.2, 0) is 19.8 Å². The van der Waals surface area contributed by atoms with Gasteiger partial charge in [-0.15, -0.1) is 11.3 Å². The summed E-state index contributed by atoms with van der Waals surface area (Å²) in [7, 11) is 3.44. The third-order valence-electron chi connectivity index (χ3n) is 4.06. The normalized spacial score (nSPS) is 17.8. The molecule has 1 aliphatic rings. The van der Waals surface area contributed by atoms with Crippen LogP contribution in [0.2, 0.25) is 0 Å². The standard InChI is InChI=1S/C15H19F3N4S/c1-20-5-7-22(8-6-20)10-11-3-4-13(23-11)12-9-14(15(16,17)18)21(2)19-12/h3-4,9H,5-8,10H2,1-2H3. The second-order valence-electron chi connectivity index (χ2n) is 5.88. The molecule has 23 heavy (non-hydrogen) atoms. The first-order valence-electron chi connectivity index (χ1n) is 7.44. The van der Waals surface area contributed by atoms with E-state index in [0.29, 0.717) is 5.69 Å². The second kappa shape index (κ2) is 6.26. The molecule has 8 heteroatoms. The highest BCUT2D eigenvalue weighted by atomic mass is 32.1. The van der Waals surface area contributed by atoms with E-state index in [2.05, 4.69) is 21.9 Å². The van der Waals surface area contributed by atoms with Crippen molar-refractivity contribution in [1.82, 2.24) is 19.6 Å². The Morgan fingerprint density at radius 2 is 1.83 bits per heavy atom. The smallest absolute Gasteiger partial charge is 0.304 e. The van der Waals surface area contributed by atoms with Crippen LogP contribution in [0, 0.1) is 0 Å². The lowest BCUT2D eigenvalue weighted by atomic mass is 10.3. The lowest BCUT2D eigenvalue weighted by Crippen LogP contribution is -2.43. The predicted molar refractivity (Wildman–Crippen MR) is 84.3 cm³/mol. The van der Waals surface area contributed by atoms with E-state index in [1.54, 1.807) is 0 Å². The summed E-state index contributed by atoms with van der Waals surface area (Å²) in [5.74, 6) is 0. The summed E-state index contributed by atoms with van der Waals surface area (Å²) in [6, 6.07) is 4.96. The lowest BCUT2D eigenvalue weighted by molar-refractivity contribution is -0.143. The summed E-state index contributed by atoms with van der Waals surface area (Å²) in [6.07, 6.45) is -4.38. The van der Waals surface area contributed by atoms with Crippen LogP contribution in [0.4, 0.5) is 13.2 Å². The van der Waals surface area contributed by atoms with Crippen LogP contribution in [0.1, 0.15) is 10.6 Å². The van der Waals surface area contributed by atoms with E-state index in [9.17, 15) is 13.2 Å². The van der Waals surface area contributed by atoms with E-state index in [1.165, 1.54) is 18.4 Å². The Hall–Kier alpha value is -1.38. The highest BCUT2D eigenvalue weighted by Gasteiger charge is 2.35. The maximum absolute atomic E-state index is 12.9. The van der Waals surface area contributed by atoms with Crippen molar-refractivity contribution in [2.24, 2.45) is 7.05 Å². The molecule has 2 aromatic heterocycles. The molecule has 1 saturated heterocycles. The molecule has 2 aromatic rings. The number of halogens is 3. The maximum atomic E-state index is 12.9. The van der Waals surface area contributed by atoms with E-state index < -0.39 is 11.9 Å².